The molecule has 0 bridgehead atoms. The number of rotatable bonds is 4. The van der Waals surface area contributed by atoms with Gasteiger partial charge in [-0.15, -0.1) is 0 Å². The van der Waals surface area contributed by atoms with E-state index in [2.05, 4.69) is 15.6 Å². The molecule has 4 rings (SSSR count). The number of dihydropyridines is 1. The van der Waals surface area contributed by atoms with E-state index in [0.717, 1.165) is 46.6 Å². The monoisotopic (exact) mass is 416 g/mol. The highest BCUT2D eigenvalue weighted by atomic mass is 16.2. The van der Waals surface area contributed by atoms with Crippen LogP contribution >= 0.6 is 0 Å². The fraction of sp³-hybridized carbons (Fsp3) is 0.320. The van der Waals surface area contributed by atoms with Crippen LogP contribution in [0.25, 0.3) is 0 Å². The minimum absolute atomic E-state index is 0.113. The van der Waals surface area contributed by atoms with E-state index >= 15 is 0 Å². The predicted octanol–water partition coefficient (Wildman–Crippen LogP) is 4.06. The Kier molecular flexibility index (Phi) is 5.63. The van der Waals surface area contributed by atoms with Crippen LogP contribution in [0.2, 0.25) is 0 Å². The van der Waals surface area contributed by atoms with Gasteiger partial charge in [-0.2, -0.15) is 0 Å². The van der Waals surface area contributed by atoms with Gasteiger partial charge in [0.05, 0.1) is 0 Å². The second-order valence-electron chi connectivity index (χ2n) is 8.43. The first-order chi connectivity index (χ1) is 14.8. The van der Waals surface area contributed by atoms with E-state index in [1.54, 1.807) is 12.3 Å². The van der Waals surface area contributed by atoms with E-state index in [1.807, 2.05) is 63.2 Å². The molecule has 0 radical (unpaired) electrons. The molecular formula is C25H28N4O2. The second-order valence-corrected chi connectivity index (χ2v) is 8.43. The topological polar surface area (TPSA) is 74.3 Å². The highest BCUT2D eigenvalue weighted by Gasteiger charge is 2.38. The zero-order valence-electron chi connectivity index (χ0n) is 18.5. The number of ketones is 1. The predicted molar refractivity (Wildman–Crippen MR) is 123 cm³/mol. The highest BCUT2D eigenvalue weighted by Crippen LogP contribution is 2.42. The molecule has 1 aliphatic heterocycles. The van der Waals surface area contributed by atoms with Crippen LogP contribution in [0.15, 0.2) is 65.1 Å². The van der Waals surface area contributed by atoms with Crippen molar-refractivity contribution in [2.75, 3.05) is 24.3 Å². The Morgan fingerprint density at radius 1 is 1.10 bits per heavy atom. The molecule has 2 aliphatic rings. The Morgan fingerprint density at radius 2 is 1.84 bits per heavy atom. The maximum absolute atomic E-state index is 13.4. The van der Waals surface area contributed by atoms with E-state index in [1.165, 1.54) is 0 Å². The number of aryl methyl sites for hydroxylation is 1. The Labute approximate surface area is 183 Å². The first kappa shape index (κ1) is 20.8. The van der Waals surface area contributed by atoms with Crippen molar-refractivity contribution in [3.8, 4) is 0 Å². The van der Waals surface area contributed by atoms with Crippen molar-refractivity contribution in [1.82, 2.24) is 10.3 Å². The average molecular weight is 417 g/mol. The number of hydrogen-bond donors (Lipinski definition) is 2. The first-order valence-electron chi connectivity index (χ1n) is 10.6. The van der Waals surface area contributed by atoms with E-state index in [4.69, 9.17) is 0 Å². The number of nitrogens with zero attached hydrogens (tertiary/aromatic N) is 2. The number of anilines is 2. The molecule has 0 fully saturated rings. The molecule has 160 valence electrons. The van der Waals surface area contributed by atoms with Crippen molar-refractivity contribution in [3.05, 3.63) is 76.3 Å². The van der Waals surface area contributed by atoms with Crippen molar-refractivity contribution in [1.29, 1.82) is 0 Å². The lowest BCUT2D eigenvalue weighted by molar-refractivity contribution is -0.116. The van der Waals surface area contributed by atoms with Gasteiger partial charge in [-0.25, -0.2) is 4.98 Å². The quantitative estimate of drug-likeness (QED) is 0.786. The Bertz CT molecular complexity index is 1080. The van der Waals surface area contributed by atoms with Crippen molar-refractivity contribution < 1.29 is 9.59 Å². The zero-order valence-corrected chi connectivity index (χ0v) is 18.5. The number of carbonyl (C=O) groups is 2. The van der Waals surface area contributed by atoms with Gasteiger partial charge in [0.15, 0.2) is 5.78 Å². The van der Waals surface area contributed by atoms with Gasteiger partial charge in [-0.05, 0) is 56.0 Å². The van der Waals surface area contributed by atoms with E-state index in [0.29, 0.717) is 17.8 Å². The molecule has 1 aromatic heterocycles. The number of pyridine rings is 1. The molecule has 6 nitrogen and oxygen atoms in total. The molecule has 0 saturated heterocycles. The Hall–Kier alpha value is -3.41. The molecule has 1 aliphatic carbocycles. The molecular weight excluding hydrogens is 388 g/mol. The van der Waals surface area contributed by atoms with E-state index in [-0.39, 0.29) is 11.7 Å². The number of hydrogen-bond acceptors (Lipinski definition) is 5. The van der Waals surface area contributed by atoms with Crippen molar-refractivity contribution in [3.63, 3.8) is 0 Å². The number of nitrogens with one attached hydrogen (secondary N) is 2. The van der Waals surface area contributed by atoms with Crippen LogP contribution in [0.5, 0.6) is 0 Å². The van der Waals surface area contributed by atoms with Gasteiger partial charge in [0.25, 0.3) is 5.91 Å². The summed E-state index contributed by atoms with van der Waals surface area (Å²) in [7, 11) is 3.98. The summed E-state index contributed by atoms with van der Waals surface area (Å²) in [5.74, 6) is -0.0345. The van der Waals surface area contributed by atoms with Crippen LogP contribution < -0.4 is 15.5 Å². The lowest BCUT2D eigenvalue weighted by Gasteiger charge is -2.34. The van der Waals surface area contributed by atoms with Crippen molar-refractivity contribution in [2.24, 2.45) is 0 Å². The molecule has 1 aromatic carbocycles. The van der Waals surface area contributed by atoms with Crippen LogP contribution in [-0.4, -0.2) is 30.8 Å². The number of carbonyl (C=O) groups excluding carboxylic acids is 2. The molecule has 1 atom stereocenters. The summed E-state index contributed by atoms with van der Waals surface area (Å²) >= 11 is 0. The molecule has 2 heterocycles. The third-order valence-electron chi connectivity index (χ3n) is 5.92. The van der Waals surface area contributed by atoms with E-state index < -0.39 is 5.92 Å². The molecule has 0 unspecified atom stereocenters. The van der Waals surface area contributed by atoms with Crippen molar-refractivity contribution >= 4 is 23.2 Å². The normalized spacial score (nSPS) is 18.5. The Morgan fingerprint density at radius 3 is 2.48 bits per heavy atom. The minimum atomic E-state index is -0.397. The fourth-order valence-electron chi connectivity index (χ4n) is 4.31. The molecule has 31 heavy (non-hydrogen) atoms. The molecule has 2 N–H and O–H groups in total. The summed E-state index contributed by atoms with van der Waals surface area (Å²) < 4.78 is 0. The highest BCUT2D eigenvalue weighted by molar-refractivity contribution is 6.09. The maximum Gasteiger partial charge on any atom is 0.255 e. The third-order valence-corrected chi connectivity index (χ3v) is 5.92. The Balaban J connectivity index is 1.76. The summed E-state index contributed by atoms with van der Waals surface area (Å²) in [6, 6.07) is 11.8. The lowest BCUT2D eigenvalue weighted by Crippen LogP contribution is -2.35. The molecule has 0 spiro atoms. The van der Waals surface area contributed by atoms with Gasteiger partial charge in [0.2, 0.25) is 0 Å². The second kappa shape index (κ2) is 8.38. The molecule has 6 heteroatoms. The van der Waals surface area contributed by atoms with Crippen molar-refractivity contribution in [2.45, 2.75) is 39.0 Å². The van der Waals surface area contributed by atoms with Gasteiger partial charge in [0, 0.05) is 60.9 Å². The van der Waals surface area contributed by atoms with Crippen LogP contribution in [0.4, 0.5) is 11.5 Å². The summed E-state index contributed by atoms with van der Waals surface area (Å²) in [5, 5.41) is 6.27. The zero-order chi connectivity index (χ0) is 22.1. The maximum atomic E-state index is 13.4. The largest absolute Gasteiger partial charge is 0.378 e. The number of benzene rings is 1. The van der Waals surface area contributed by atoms with Crippen LogP contribution in [-0.2, 0) is 9.59 Å². The van der Waals surface area contributed by atoms with Crippen LogP contribution in [0.1, 0.15) is 43.2 Å². The fourth-order valence-corrected chi connectivity index (χ4v) is 4.31. The summed E-state index contributed by atoms with van der Waals surface area (Å²) in [6.45, 7) is 3.86. The lowest BCUT2D eigenvalue weighted by atomic mass is 9.75. The SMILES string of the molecule is CC1=C(C(=O)Nc2ccc(C)cn2)[C@H](c2ccc(N(C)C)cc2)C2=C(CCCC2=O)N1. The number of amides is 1. The number of allylic oxidation sites excluding steroid dienone is 3. The first-order valence-corrected chi connectivity index (χ1v) is 10.6. The third kappa shape index (κ3) is 4.10. The van der Waals surface area contributed by atoms with Gasteiger partial charge in [-0.3, -0.25) is 9.59 Å². The summed E-state index contributed by atoms with van der Waals surface area (Å²) in [5.41, 5.74) is 6.04. The molecule has 0 saturated carbocycles. The standard InChI is InChI=1S/C25H28N4O2/c1-15-8-13-21(26-14-15)28-25(31)22-16(2)27-19-6-5-7-20(30)24(19)23(22)17-9-11-18(12-10-17)29(3)4/h8-14,23,27H,5-7H2,1-4H3,(H,26,28,31)/t23-/m0/s1. The summed E-state index contributed by atoms with van der Waals surface area (Å²) in [4.78, 5) is 32.7. The van der Waals surface area contributed by atoms with Crippen LogP contribution in [0, 0.1) is 6.92 Å². The number of aromatic nitrogens is 1. The average Bonchev–Trinajstić information content (AvgIpc) is 2.74. The minimum Gasteiger partial charge on any atom is -0.378 e. The van der Waals surface area contributed by atoms with E-state index in [9.17, 15) is 9.59 Å². The smallest absolute Gasteiger partial charge is 0.255 e. The van der Waals surface area contributed by atoms with Gasteiger partial charge >= 0.3 is 0 Å². The van der Waals surface area contributed by atoms with Gasteiger partial charge in [-0.1, -0.05) is 18.2 Å². The number of Topliss-reactive ketones (excluding diaryl/α,β-unsaturated/α-hetero) is 1. The summed E-state index contributed by atoms with van der Waals surface area (Å²) in [6.07, 6.45) is 3.89. The molecule has 1 amide bonds. The molecule has 2 aromatic rings. The van der Waals surface area contributed by atoms with Gasteiger partial charge < -0.3 is 15.5 Å². The van der Waals surface area contributed by atoms with Crippen LogP contribution in [0.3, 0.4) is 0 Å². The van der Waals surface area contributed by atoms with Gasteiger partial charge in [0.1, 0.15) is 5.82 Å².